The highest BCUT2D eigenvalue weighted by atomic mass is 14.7. The summed E-state index contributed by atoms with van der Waals surface area (Å²) in [5, 5.41) is 4.87. The average molecular weight is 741 g/mol. The quantitative estimate of drug-likeness (QED) is 0.103. The Morgan fingerprint density at radius 2 is 0.655 bits per heavy atom. The minimum absolute atomic E-state index is 0.938. The maximum absolute atomic E-state index is 4.73. The molecule has 0 aliphatic rings. The molecule has 9 rings (SSSR count). The van der Waals surface area contributed by atoms with Gasteiger partial charge in [0.25, 0.3) is 0 Å². The summed E-state index contributed by atoms with van der Waals surface area (Å²) < 4.78 is 0. The van der Waals surface area contributed by atoms with Crippen molar-refractivity contribution in [1.82, 2.24) is 9.97 Å². The lowest BCUT2D eigenvalue weighted by Crippen LogP contribution is -1.92. The van der Waals surface area contributed by atoms with Crippen LogP contribution in [0.25, 0.3) is 69.1 Å². The molecule has 2 aromatic heterocycles. The lowest BCUT2D eigenvalue weighted by molar-refractivity contribution is 1.27. The zero-order valence-electron chi connectivity index (χ0n) is 32.0. The molecule has 2 heterocycles. The number of nitrogens with zero attached hydrogens (tertiary/aromatic N) is 2. The first-order valence-corrected chi connectivity index (χ1v) is 19.6. The van der Waals surface area contributed by atoms with Gasteiger partial charge in [0.2, 0.25) is 0 Å². The molecule has 0 radical (unpaired) electrons. The number of benzene rings is 7. The maximum Gasteiger partial charge on any atom is 0.0708 e. The normalized spacial score (nSPS) is 12.2. The molecule has 0 saturated carbocycles. The van der Waals surface area contributed by atoms with Gasteiger partial charge in [-0.3, -0.25) is 9.97 Å². The van der Waals surface area contributed by atoms with E-state index in [0.29, 0.717) is 0 Å². The molecule has 0 fully saturated rings. The van der Waals surface area contributed by atoms with Crippen molar-refractivity contribution >= 4 is 69.1 Å². The first-order valence-electron chi connectivity index (χ1n) is 19.6. The van der Waals surface area contributed by atoms with E-state index in [1.165, 1.54) is 21.5 Å². The number of hydrogen-bond acceptors (Lipinski definition) is 2. The molecule has 7 aromatic carbocycles. The van der Waals surface area contributed by atoms with Crippen LogP contribution < -0.4 is 0 Å². The second kappa shape index (κ2) is 17.0. The van der Waals surface area contributed by atoms with Crippen molar-refractivity contribution in [1.29, 1.82) is 0 Å². The molecule has 9 aromatic rings. The Labute approximate surface area is 340 Å². The molecule has 0 spiro atoms. The van der Waals surface area contributed by atoms with E-state index >= 15 is 0 Å². The third kappa shape index (κ3) is 8.14. The van der Waals surface area contributed by atoms with Gasteiger partial charge in [-0.1, -0.05) is 170 Å². The van der Waals surface area contributed by atoms with Gasteiger partial charge >= 0.3 is 0 Å². The third-order valence-electron chi connectivity index (χ3n) is 10.4. The van der Waals surface area contributed by atoms with Gasteiger partial charge in [0, 0.05) is 23.5 Å². The molecule has 0 N–H and O–H groups in total. The molecule has 2 heteroatoms. The molecular weight excluding hydrogens is 701 g/mol. The summed E-state index contributed by atoms with van der Waals surface area (Å²) in [6.45, 7) is 0. The topological polar surface area (TPSA) is 25.8 Å². The Balaban J connectivity index is 1.15. The van der Waals surface area contributed by atoms with E-state index < -0.39 is 0 Å². The predicted octanol–water partition coefficient (Wildman–Crippen LogP) is 14.3. The van der Waals surface area contributed by atoms with Crippen molar-refractivity contribution in [2.24, 2.45) is 0 Å². The molecular formula is C56H40N2. The Bertz CT molecular complexity index is 2670. The standard InChI is InChI=1S/C56H40N2/c1-3-19-43(20-4-1)53(55-27-13-15-33-57-55)39-47-25-9-7-17-41(47)29-31-49-37-51-35-45-23-11-12-24-46(45)36-52(51)38-50(49)32-30-42-18-8-10-26-48(42)40-54(44-21-5-2-6-22-44)56-28-14-16-34-58-56/h1-40H. The Kier molecular flexibility index (Phi) is 10.5. The molecule has 0 bridgehead atoms. The van der Waals surface area contributed by atoms with Crippen LogP contribution in [-0.4, -0.2) is 9.97 Å². The maximum atomic E-state index is 4.73. The third-order valence-corrected chi connectivity index (χ3v) is 10.4. The lowest BCUT2D eigenvalue weighted by atomic mass is 9.94. The zero-order valence-corrected chi connectivity index (χ0v) is 32.0. The zero-order chi connectivity index (χ0) is 38.9. The second-order valence-corrected chi connectivity index (χ2v) is 14.2. The predicted molar refractivity (Wildman–Crippen MR) is 247 cm³/mol. The van der Waals surface area contributed by atoms with Crippen LogP contribution in [0.15, 0.2) is 207 Å². The van der Waals surface area contributed by atoms with Crippen LogP contribution in [0.3, 0.4) is 0 Å². The van der Waals surface area contributed by atoms with E-state index in [0.717, 1.165) is 67.0 Å². The Morgan fingerprint density at radius 3 is 1.07 bits per heavy atom. The fourth-order valence-corrected chi connectivity index (χ4v) is 7.46. The van der Waals surface area contributed by atoms with Crippen molar-refractivity contribution < 1.29 is 0 Å². The van der Waals surface area contributed by atoms with E-state index in [-0.39, 0.29) is 0 Å². The van der Waals surface area contributed by atoms with Gasteiger partial charge in [0.15, 0.2) is 0 Å². The molecule has 0 atom stereocenters. The van der Waals surface area contributed by atoms with Gasteiger partial charge in [-0.25, -0.2) is 0 Å². The Hall–Kier alpha value is -7.68. The van der Waals surface area contributed by atoms with Gasteiger partial charge < -0.3 is 0 Å². The van der Waals surface area contributed by atoms with Crippen LogP contribution >= 0.6 is 0 Å². The fraction of sp³-hybridized carbons (Fsp3) is 0. The summed E-state index contributed by atoms with van der Waals surface area (Å²) in [5.74, 6) is 0. The van der Waals surface area contributed by atoms with Crippen molar-refractivity contribution in [2.45, 2.75) is 0 Å². The van der Waals surface area contributed by atoms with Gasteiger partial charge in [-0.15, -0.1) is 0 Å². The molecule has 0 amide bonds. The molecule has 0 aliphatic carbocycles. The lowest BCUT2D eigenvalue weighted by Gasteiger charge is -2.11. The number of aromatic nitrogens is 2. The summed E-state index contributed by atoms with van der Waals surface area (Å²) in [4.78, 5) is 9.47. The molecule has 0 aliphatic heterocycles. The number of pyridine rings is 2. The average Bonchev–Trinajstić information content (AvgIpc) is 3.29. The first-order chi connectivity index (χ1) is 28.7. The van der Waals surface area contributed by atoms with Crippen LogP contribution in [0.2, 0.25) is 0 Å². The van der Waals surface area contributed by atoms with E-state index in [9.17, 15) is 0 Å². The summed E-state index contributed by atoms with van der Waals surface area (Å²) in [6.07, 6.45) is 17.2. The van der Waals surface area contributed by atoms with Gasteiger partial charge in [-0.2, -0.15) is 0 Å². The summed E-state index contributed by atoms with van der Waals surface area (Å²) in [7, 11) is 0. The minimum Gasteiger partial charge on any atom is -0.256 e. The van der Waals surface area contributed by atoms with Gasteiger partial charge in [0.05, 0.1) is 11.4 Å². The summed E-state index contributed by atoms with van der Waals surface area (Å²) in [6, 6.07) is 68.1. The summed E-state index contributed by atoms with van der Waals surface area (Å²) in [5.41, 5.74) is 13.0. The van der Waals surface area contributed by atoms with Crippen LogP contribution in [0.4, 0.5) is 0 Å². The highest BCUT2D eigenvalue weighted by Crippen LogP contribution is 2.31. The van der Waals surface area contributed by atoms with E-state index in [1.807, 2.05) is 48.8 Å². The van der Waals surface area contributed by atoms with Crippen LogP contribution in [0.5, 0.6) is 0 Å². The fourth-order valence-electron chi connectivity index (χ4n) is 7.46. The molecule has 2 nitrogen and oxygen atoms in total. The molecule has 0 unspecified atom stereocenters. The van der Waals surface area contributed by atoms with E-state index in [1.54, 1.807) is 0 Å². The van der Waals surface area contributed by atoms with E-state index in [2.05, 4.69) is 194 Å². The monoisotopic (exact) mass is 740 g/mol. The molecule has 274 valence electrons. The Morgan fingerprint density at radius 1 is 0.293 bits per heavy atom. The first kappa shape index (κ1) is 36.0. The van der Waals surface area contributed by atoms with Crippen molar-refractivity contribution in [3.63, 3.8) is 0 Å². The number of rotatable bonds is 10. The minimum atomic E-state index is 0.938. The number of hydrogen-bond donors (Lipinski definition) is 0. The largest absolute Gasteiger partial charge is 0.256 e. The van der Waals surface area contributed by atoms with Gasteiger partial charge in [-0.05, 0) is 127 Å². The highest BCUT2D eigenvalue weighted by molar-refractivity contribution is 6.01. The van der Waals surface area contributed by atoms with Crippen LogP contribution in [0.1, 0.15) is 55.9 Å². The van der Waals surface area contributed by atoms with Gasteiger partial charge in [0.1, 0.15) is 0 Å². The highest BCUT2D eigenvalue weighted by Gasteiger charge is 2.10. The second-order valence-electron chi connectivity index (χ2n) is 14.2. The van der Waals surface area contributed by atoms with Crippen molar-refractivity contribution in [2.75, 3.05) is 0 Å². The van der Waals surface area contributed by atoms with Crippen molar-refractivity contribution in [3.8, 4) is 0 Å². The summed E-state index contributed by atoms with van der Waals surface area (Å²) >= 11 is 0. The SMILES string of the molecule is C(=Cc1cc2cc3ccccc3cc2cc1C=Cc1ccccc1C=C(c1ccccc1)c1ccccn1)c1ccccc1C=C(c1ccccc1)c1ccccn1. The number of fused-ring (bicyclic) bond motifs is 2. The smallest absolute Gasteiger partial charge is 0.0708 e. The molecule has 0 saturated heterocycles. The molecule has 58 heavy (non-hydrogen) atoms. The van der Waals surface area contributed by atoms with Crippen molar-refractivity contribution in [3.05, 3.63) is 262 Å². The van der Waals surface area contributed by atoms with E-state index in [4.69, 9.17) is 9.97 Å². The van der Waals surface area contributed by atoms with Crippen LogP contribution in [0, 0.1) is 0 Å². The van der Waals surface area contributed by atoms with Crippen LogP contribution in [-0.2, 0) is 0 Å².